The number of allylic oxidation sites excluding steroid dienone is 2. The third-order valence-corrected chi connectivity index (χ3v) is 8.87. The number of para-hydroxylation sites is 2. The number of aliphatic hydroxyl groups is 1. The van der Waals surface area contributed by atoms with Crippen LogP contribution in [0.5, 0.6) is 0 Å². The first kappa shape index (κ1) is 36.8. The van der Waals surface area contributed by atoms with Crippen LogP contribution >= 0.6 is 0 Å². The minimum absolute atomic E-state index is 0. The molecule has 1 N–H and O–H groups in total. The molecule has 0 spiro atoms. The van der Waals surface area contributed by atoms with Gasteiger partial charge in [-0.05, 0) is 55.4 Å². The molecule has 253 valence electrons. The summed E-state index contributed by atoms with van der Waals surface area (Å²) in [5.41, 5.74) is 5.32. The van der Waals surface area contributed by atoms with Crippen LogP contribution in [0.1, 0.15) is 79.7 Å². The normalized spacial score (nSPS) is 12.1. The number of carbonyl (C=O) groups excluding carboxylic acids is 1. The number of hydrogen-bond donors (Lipinski definition) is 1. The van der Waals surface area contributed by atoms with E-state index in [4.69, 9.17) is 13.8 Å². The molecule has 3 heterocycles. The second-order valence-electron chi connectivity index (χ2n) is 13.1. The Kier molecular flexibility index (Phi) is 12.2. The predicted octanol–water partition coefficient (Wildman–Crippen LogP) is 11.4. The molecule has 0 fully saturated rings. The van der Waals surface area contributed by atoms with Crippen molar-refractivity contribution < 1.29 is 38.8 Å². The van der Waals surface area contributed by atoms with E-state index in [0.29, 0.717) is 11.7 Å². The number of hydrogen-bond acceptors (Lipinski definition) is 6. The summed E-state index contributed by atoms with van der Waals surface area (Å²) in [7, 11) is 0. The Morgan fingerprint density at radius 2 is 1.52 bits per heavy atom. The fourth-order valence-electron chi connectivity index (χ4n) is 6.02. The summed E-state index contributed by atoms with van der Waals surface area (Å²) in [6.45, 7) is 14.8. The van der Waals surface area contributed by atoms with Crippen molar-refractivity contribution in [3.63, 3.8) is 0 Å². The number of aromatic nitrogens is 2. The molecular formula is C41H45IrN2O4-. The minimum Gasteiger partial charge on any atom is -0.512 e. The Bertz CT molecular complexity index is 1990. The van der Waals surface area contributed by atoms with Gasteiger partial charge in [0.25, 0.3) is 5.89 Å². The molecule has 0 saturated carbocycles. The molecule has 0 amide bonds. The van der Waals surface area contributed by atoms with Crippen LogP contribution in [0.4, 0.5) is 0 Å². The summed E-state index contributed by atoms with van der Waals surface area (Å²) in [5.74, 6) is 1.60. The Morgan fingerprint density at radius 1 is 0.854 bits per heavy atom. The third-order valence-electron chi connectivity index (χ3n) is 8.87. The average molecular weight is 822 g/mol. The fourth-order valence-corrected chi connectivity index (χ4v) is 6.02. The number of fused-ring (bicyclic) bond motifs is 3. The molecule has 7 heteroatoms. The first-order chi connectivity index (χ1) is 22.6. The number of nitrogens with zero attached hydrogens (tertiary/aromatic N) is 2. The van der Waals surface area contributed by atoms with Crippen molar-refractivity contribution in [2.45, 2.75) is 79.6 Å². The minimum atomic E-state index is -0.0168. The standard InChI is InChI=1S/C28H21N2O2.C13H24O2.Ir/c1-28(2,3)21-15-18(14-17-8-4-5-9-19(17)21)26-20-16-25(31-23(20)12-13-29-26)27-30-22-10-6-7-11-24(22)32-27;1-5-10(6-2)12(14)9-13(15)11(7-3)8-4;/h4-13,15-16H,1-3H3;9-11,14H,5-8H2,1-4H3;/q-1;;/b;12-9-;. The van der Waals surface area contributed by atoms with Crippen LogP contribution in [0.3, 0.4) is 0 Å². The largest absolute Gasteiger partial charge is 0.512 e. The molecule has 0 atom stereocenters. The zero-order valence-electron chi connectivity index (χ0n) is 28.9. The molecule has 0 saturated heterocycles. The van der Waals surface area contributed by atoms with Crippen LogP contribution in [0.2, 0.25) is 0 Å². The molecule has 6 rings (SSSR count). The maximum absolute atomic E-state index is 11.7. The van der Waals surface area contributed by atoms with Crippen molar-refractivity contribution in [1.82, 2.24) is 9.97 Å². The third kappa shape index (κ3) is 7.97. The Morgan fingerprint density at radius 3 is 2.19 bits per heavy atom. The van der Waals surface area contributed by atoms with Gasteiger partial charge in [0, 0.05) is 55.3 Å². The average Bonchev–Trinajstić information content (AvgIpc) is 3.70. The number of ketones is 1. The number of oxazole rings is 1. The molecular weight excluding hydrogens is 777 g/mol. The number of benzene rings is 3. The molecule has 0 unspecified atom stereocenters. The fraction of sp³-hybridized carbons (Fsp3) is 0.341. The number of furan rings is 1. The van der Waals surface area contributed by atoms with Crippen molar-refractivity contribution in [1.29, 1.82) is 0 Å². The smallest absolute Gasteiger partial charge is 0.263 e. The van der Waals surface area contributed by atoms with Gasteiger partial charge in [-0.2, -0.15) is 0 Å². The van der Waals surface area contributed by atoms with Crippen molar-refractivity contribution in [2.75, 3.05) is 0 Å². The van der Waals surface area contributed by atoms with E-state index in [2.05, 4.69) is 56.1 Å². The van der Waals surface area contributed by atoms with Gasteiger partial charge >= 0.3 is 0 Å². The number of carbonyl (C=O) groups is 1. The molecule has 1 radical (unpaired) electrons. The van der Waals surface area contributed by atoms with Gasteiger partial charge in [-0.1, -0.05) is 89.7 Å². The van der Waals surface area contributed by atoms with Gasteiger partial charge in [0.15, 0.2) is 17.1 Å². The summed E-state index contributed by atoms with van der Waals surface area (Å²) in [6, 6.07) is 25.7. The first-order valence-corrected chi connectivity index (χ1v) is 16.7. The zero-order valence-corrected chi connectivity index (χ0v) is 31.3. The molecule has 0 aliphatic carbocycles. The van der Waals surface area contributed by atoms with E-state index in [1.807, 2.05) is 70.2 Å². The topological polar surface area (TPSA) is 89.4 Å². The van der Waals surface area contributed by atoms with Crippen LogP contribution in [-0.4, -0.2) is 20.9 Å². The van der Waals surface area contributed by atoms with E-state index >= 15 is 0 Å². The van der Waals surface area contributed by atoms with E-state index in [1.165, 1.54) is 17.0 Å². The molecule has 0 aliphatic heterocycles. The maximum Gasteiger partial charge on any atom is 0.263 e. The van der Waals surface area contributed by atoms with Gasteiger partial charge in [-0.15, -0.1) is 29.1 Å². The van der Waals surface area contributed by atoms with Crippen LogP contribution in [-0.2, 0) is 30.3 Å². The van der Waals surface area contributed by atoms with Crippen molar-refractivity contribution in [3.05, 3.63) is 96.4 Å². The second kappa shape index (κ2) is 15.9. The Labute approximate surface area is 297 Å². The van der Waals surface area contributed by atoms with Gasteiger partial charge in [0.05, 0.1) is 5.76 Å². The van der Waals surface area contributed by atoms with Gasteiger partial charge in [0.2, 0.25) is 0 Å². The van der Waals surface area contributed by atoms with Crippen LogP contribution in [0, 0.1) is 17.9 Å². The number of aliphatic hydroxyl groups excluding tert-OH is 1. The van der Waals surface area contributed by atoms with Crippen LogP contribution in [0.15, 0.2) is 93.6 Å². The number of pyridine rings is 1. The zero-order chi connectivity index (χ0) is 33.7. The van der Waals surface area contributed by atoms with Crippen molar-refractivity contribution in [2.24, 2.45) is 11.8 Å². The predicted molar refractivity (Wildman–Crippen MR) is 191 cm³/mol. The molecule has 6 nitrogen and oxygen atoms in total. The molecule has 6 aromatic rings. The van der Waals surface area contributed by atoms with E-state index in [1.54, 1.807) is 6.20 Å². The summed E-state index contributed by atoms with van der Waals surface area (Å²) in [4.78, 5) is 21.0. The van der Waals surface area contributed by atoms with Crippen molar-refractivity contribution in [3.8, 4) is 22.9 Å². The van der Waals surface area contributed by atoms with E-state index < -0.39 is 0 Å². The van der Waals surface area contributed by atoms with Gasteiger partial charge in [-0.25, -0.2) is 4.98 Å². The monoisotopic (exact) mass is 822 g/mol. The molecule has 3 aromatic carbocycles. The number of rotatable bonds is 9. The summed E-state index contributed by atoms with van der Waals surface area (Å²) < 4.78 is 12.0. The molecule has 0 bridgehead atoms. The van der Waals surface area contributed by atoms with E-state index in [0.717, 1.165) is 64.4 Å². The quantitative estimate of drug-likeness (QED) is 0.0887. The van der Waals surface area contributed by atoms with Gasteiger partial charge in [0.1, 0.15) is 11.1 Å². The molecule has 0 aliphatic rings. The van der Waals surface area contributed by atoms with Crippen molar-refractivity contribution >= 4 is 38.6 Å². The van der Waals surface area contributed by atoms with Gasteiger partial charge < -0.3 is 13.9 Å². The maximum atomic E-state index is 11.7. The summed E-state index contributed by atoms with van der Waals surface area (Å²) >= 11 is 0. The molecule has 48 heavy (non-hydrogen) atoms. The van der Waals surface area contributed by atoms with E-state index in [9.17, 15) is 9.90 Å². The second-order valence-corrected chi connectivity index (χ2v) is 13.1. The Balaban J connectivity index is 0.000000279. The first-order valence-electron chi connectivity index (χ1n) is 16.7. The van der Waals surface area contributed by atoms with E-state index in [-0.39, 0.29) is 48.9 Å². The van der Waals surface area contributed by atoms with Crippen LogP contribution < -0.4 is 0 Å². The van der Waals surface area contributed by atoms with Crippen LogP contribution in [0.25, 0.3) is 55.7 Å². The molecule has 3 aromatic heterocycles. The summed E-state index contributed by atoms with van der Waals surface area (Å²) in [6.07, 6.45) is 6.68. The summed E-state index contributed by atoms with van der Waals surface area (Å²) in [5, 5.41) is 13.0. The van der Waals surface area contributed by atoms with Gasteiger partial charge in [-0.3, -0.25) is 9.78 Å². The Hall–Kier alpha value is -4.06. The SMILES string of the molecule is CC(C)(C)c1cc(-c2nccc3oc(-c4nc5ccccc5o4)cc23)[c-]c2ccccc12.CCC(CC)C(=O)/C=C(\O)C(CC)CC.[Ir].